The Kier molecular flexibility index (Phi) is 8.97. The number of nitrogen functional groups attached to an aromatic ring is 1. The summed E-state index contributed by atoms with van der Waals surface area (Å²) in [5.74, 6) is -0.504. The van der Waals surface area contributed by atoms with Crippen molar-refractivity contribution < 1.29 is 66.4 Å². The van der Waals surface area contributed by atoms with Gasteiger partial charge in [-0.2, -0.15) is 8.88 Å². The fraction of sp³-hybridized carbons (Fsp3) is 0.455. The first-order valence-corrected chi connectivity index (χ1v) is 15.6. The second-order valence-corrected chi connectivity index (χ2v) is 12.8. The minimum absolute atomic E-state index is 0.0571. The molecule has 2 saturated heterocycles. The van der Waals surface area contributed by atoms with E-state index >= 15 is 0 Å². The van der Waals surface area contributed by atoms with Gasteiger partial charge in [0.2, 0.25) is 0 Å². The third-order valence-corrected chi connectivity index (χ3v) is 9.40. The van der Waals surface area contributed by atoms with Gasteiger partial charge in [0.15, 0.2) is 18.5 Å². The Morgan fingerprint density at radius 1 is 1.07 bits per heavy atom. The number of aromatic nitrogens is 4. The van der Waals surface area contributed by atoms with Gasteiger partial charge in [-0.3, -0.25) is 13.8 Å². The van der Waals surface area contributed by atoms with Crippen molar-refractivity contribution in [1.29, 1.82) is 0 Å². The molecule has 2 aliphatic heterocycles. The van der Waals surface area contributed by atoms with Crippen LogP contribution in [0.25, 0.3) is 11.0 Å². The molecule has 3 aromatic rings. The van der Waals surface area contributed by atoms with E-state index < -0.39 is 77.7 Å². The first kappa shape index (κ1) is 31.5. The van der Waals surface area contributed by atoms with Crippen LogP contribution in [-0.2, 0) is 32.0 Å². The van der Waals surface area contributed by atoms with Gasteiger partial charge in [0, 0.05) is 18.7 Å². The van der Waals surface area contributed by atoms with Crippen LogP contribution < -0.4 is 16.0 Å². The van der Waals surface area contributed by atoms with E-state index in [1.54, 1.807) is 16.8 Å². The summed E-state index contributed by atoms with van der Waals surface area (Å²) in [7, 11) is -10.6. The molecule has 0 aromatic carbocycles. The summed E-state index contributed by atoms with van der Waals surface area (Å²) < 4.78 is 52.7. The number of aliphatic hydroxyl groups excluding tert-OH is 3. The lowest BCUT2D eigenvalue weighted by molar-refractivity contribution is -0.765. The zero-order valence-corrected chi connectivity index (χ0v) is 23.8. The number of amides is 1. The third kappa shape index (κ3) is 6.93. The molecular weight excluding hydrogens is 618 g/mol. The van der Waals surface area contributed by atoms with Gasteiger partial charge in [-0.05, 0) is 12.1 Å². The van der Waals surface area contributed by atoms with Crippen LogP contribution in [0.5, 0.6) is 0 Å². The van der Waals surface area contributed by atoms with Crippen LogP contribution in [0.15, 0.2) is 43.1 Å². The fourth-order valence-corrected chi connectivity index (χ4v) is 6.77. The molecule has 9 N–H and O–H groups in total. The Morgan fingerprint density at radius 3 is 2.47 bits per heavy atom. The molecule has 2 unspecified atom stereocenters. The summed E-state index contributed by atoms with van der Waals surface area (Å²) in [4.78, 5) is 39.5. The van der Waals surface area contributed by atoms with E-state index in [0.29, 0.717) is 11.0 Å². The van der Waals surface area contributed by atoms with Crippen molar-refractivity contribution in [3.8, 4) is 0 Å². The Hall–Kier alpha value is -2.90. The van der Waals surface area contributed by atoms with Gasteiger partial charge in [-0.15, -0.1) is 0 Å². The van der Waals surface area contributed by atoms with Gasteiger partial charge >= 0.3 is 15.6 Å². The number of carbonyl (C=O) groups excluding carboxylic acids is 1. The normalized spacial score (nSPS) is 30.3. The maximum absolute atomic E-state index is 12.4. The molecule has 1 amide bonds. The standard InChI is InChI=1S/C22H28N6O13P2/c23-19-12-3-5-28(21(12)26-10-25-19)16-6-13(29)14(39-16)8-37-42(33,34)41-43(35,36)38-9-15-17(30)18(31)22(40-15)27-4-1-2-11(7-27)20(24)32/h1-5,7,10,13-18,22,29-31H,6,8-9H2,(H5-,23,24,25,26,32,33,34,35,36)/p+1/t13-,14+,15+,16+,17+,18+,22+/m0/s1. The second-order valence-electron chi connectivity index (χ2n) is 9.71. The number of nitrogens with zero attached hydrogens (tertiary/aromatic N) is 4. The van der Waals surface area contributed by atoms with Crippen LogP contribution in [0.3, 0.4) is 0 Å². The molecule has 0 spiro atoms. The molecule has 234 valence electrons. The number of rotatable bonds is 11. The third-order valence-electron chi connectivity index (χ3n) is 6.80. The summed E-state index contributed by atoms with van der Waals surface area (Å²) in [6.45, 7) is -1.56. The van der Waals surface area contributed by atoms with E-state index in [9.17, 15) is 39.0 Å². The highest BCUT2D eigenvalue weighted by molar-refractivity contribution is 7.61. The van der Waals surface area contributed by atoms with Gasteiger partial charge in [0.05, 0.1) is 24.7 Å². The van der Waals surface area contributed by atoms with Gasteiger partial charge in [-0.1, -0.05) is 0 Å². The van der Waals surface area contributed by atoms with Crippen molar-refractivity contribution >= 4 is 38.4 Å². The van der Waals surface area contributed by atoms with Crippen molar-refractivity contribution in [3.05, 3.63) is 48.7 Å². The maximum atomic E-state index is 12.4. The molecule has 0 bridgehead atoms. The Bertz CT molecular complexity index is 1590. The maximum Gasteiger partial charge on any atom is 0.481 e. The highest BCUT2D eigenvalue weighted by Gasteiger charge is 2.49. The van der Waals surface area contributed by atoms with Crippen LogP contribution in [0.1, 0.15) is 29.2 Å². The van der Waals surface area contributed by atoms with Crippen molar-refractivity contribution in [1.82, 2.24) is 14.5 Å². The quantitative estimate of drug-likeness (QED) is 0.0932. The molecule has 0 saturated carbocycles. The number of phosphoric ester groups is 2. The predicted octanol–water partition coefficient (Wildman–Crippen LogP) is -1.38. The van der Waals surface area contributed by atoms with Crippen molar-refractivity contribution in [2.75, 3.05) is 18.9 Å². The molecule has 19 nitrogen and oxygen atoms in total. The average molecular weight is 647 g/mol. The van der Waals surface area contributed by atoms with Crippen molar-refractivity contribution in [2.45, 2.75) is 49.4 Å². The lowest BCUT2D eigenvalue weighted by atomic mass is 10.1. The number of phosphoric acid groups is 2. The summed E-state index contributed by atoms with van der Waals surface area (Å²) in [6.07, 6.45) is -3.19. The van der Waals surface area contributed by atoms with E-state index in [0.717, 1.165) is 0 Å². The zero-order chi connectivity index (χ0) is 31.1. The molecule has 43 heavy (non-hydrogen) atoms. The molecule has 5 heterocycles. The number of hydrogen-bond donors (Lipinski definition) is 7. The van der Waals surface area contributed by atoms with E-state index in [-0.39, 0.29) is 17.8 Å². The lowest BCUT2D eigenvalue weighted by Gasteiger charge is -2.20. The topological polar surface area (TPSA) is 285 Å². The van der Waals surface area contributed by atoms with Crippen molar-refractivity contribution in [3.63, 3.8) is 0 Å². The van der Waals surface area contributed by atoms with E-state index in [1.807, 2.05) is 0 Å². The van der Waals surface area contributed by atoms with Crippen molar-refractivity contribution in [2.24, 2.45) is 5.73 Å². The first-order chi connectivity index (χ1) is 20.2. The summed E-state index contributed by atoms with van der Waals surface area (Å²) in [5, 5.41) is 31.7. The van der Waals surface area contributed by atoms with Crippen LogP contribution >= 0.6 is 15.6 Å². The van der Waals surface area contributed by atoms with Crippen LogP contribution in [-0.4, -0.2) is 89.3 Å². The molecule has 9 atom stereocenters. The number of hydrogen-bond acceptors (Lipinski definition) is 14. The lowest BCUT2D eigenvalue weighted by Crippen LogP contribution is -2.46. The number of anilines is 1. The Labute approximate surface area is 242 Å². The van der Waals surface area contributed by atoms with Crippen LogP contribution in [0, 0.1) is 0 Å². The molecule has 2 fully saturated rings. The van der Waals surface area contributed by atoms with Gasteiger partial charge in [-0.25, -0.2) is 19.1 Å². The Morgan fingerprint density at radius 2 is 1.77 bits per heavy atom. The molecule has 5 rings (SSSR count). The first-order valence-electron chi connectivity index (χ1n) is 12.6. The van der Waals surface area contributed by atoms with Gasteiger partial charge < -0.3 is 50.6 Å². The summed E-state index contributed by atoms with van der Waals surface area (Å²) in [6, 6.07) is 4.53. The highest BCUT2D eigenvalue weighted by Crippen LogP contribution is 2.60. The van der Waals surface area contributed by atoms with Crippen LogP contribution in [0.4, 0.5) is 5.82 Å². The number of primary amides is 1. The zero-order valence-electron chi connectivity index (χ0n) is 22.0. The number of carbonyl (C=O) groups is 1. The fourth-order valence-electron chi connectivity index (χ4n) is 4.68. The molecule has 0 radical (unpaired) electrons. The second kappa shape index (κ2) is 12.2. The molecular formula is C22H29N6O13P2+. The number of ether oxygens (including phenoxy) is 2. The molecule has 3 aromatic heterocycles. The number of aliphatic hydroxyl groups is 3. The minimum Gasteiger partial charge on any atom is -0.390 e. The monoisotopic (exact) mass is 647 g/mol. The largest absolute Gasteiger partial charge is 0.481 e. The van der Waals surface area contributed by atoms with E-state index in [2.05, 4.69) is 14.3 Å². The van der Waals surface area contributed by atoms with Gasteiger partial charge in [0.1, 0.15) is 47.9 Å². The number of pyridine rings is 1. The van der Waals surface area contributed by atoms with Gasteiger partial charge in [0.25, 0.3) is 12.1 Å². The molecule has 21 heteroatoms. The number of nitrogens with two attached hydrogens (primary N) is 2. The summed E-state index contributed by atoms with van der Waals surface area (Å²) in [5.41, 5.74) is 11.6. The SMILES string of the molecule is NC(=O)c1ccc[n+]([C@@H]2O[C@H](COP(=O)(O)OP(=O)(O)OC[C@H]3O[C@@H](n4ccc5c(N)ncnc54)C[C@@H]3O)[C@@H](O)[C@H]2O)c1. The average Bonchev–Trinajstić information content (AvgIpc) is 3.62. The molecule has 0 aliphatic carbocycles. The predicted molar refractivity (Wildman–Crippen MR) is 140 cm³/mol. The van der Waals surface area contributed by atoms with E-state index in [4.69, 9.17) is 30.0 Å². The van der Waals surface area contributed by atoms with E-state index in [1.165, 1.54) is 35.4 Å². The number of fused-ring (bicyclic) bond motifs is 1. The minimum atomic E-state index is -5.30. The molecule has 2 aliphatic rings. The van der Waals surface area contributed by atoms with Crippen LogP contribution in [0.2, 0.25) is 0 Å². The summed E-state index contributed by atoms with van der Waals surface area (Å²) >= 11 is 0. The Balaban J connectivity index is 1.14. The smallest absolute Gasteiger partial charge is 0.390 e. The highest BCUT2D eigenvalue weighted by atomic mass is 31.3.